The number of hydrogen-bond acceptors (Lipinski definition) is 4. The van der Waals surface area contributed by atoms with Crippen molar-refractivity contribution in [1.29, 1.82) is 0 Å². The standard InChI is InChI=1S/C27H35N3O3/c1-33-23-12-9-20(10-13-23)18-30-25-8-3-2-6-21(25)11-14-24(27(30)32)29-16-15-19-5-4-7-22(17-19)26(28)31/h2-3,6,8-10,12-13,19,22,24,29H,4-5,7,11,14-18H2,1H3,(H2,28,31)/t19?,22-,24-/m0/s1. The first kappa shape index (κ1) is 23.3. The molecule has 1 heterocycles. The SMILES string of the molecule is COc1ccc(CN2C(=O)[C@@H](NCCC3CCC[C@H](C(N)=O)C3)CCc3ccccc32)cc1. The highest BCUT2D eigenvalue weighted by Gasteiger charge is 2.31. The van der Waals surface area contributed by atoms with Crippen molar-refractivity contribution >= 4 is 17.5 Å². The van der Waals surface area contributed by atoms with E-state index in [0.29, 0.717) is 12.5 Å². The first-order chi connectivity index (χ1) is 16.0. The zero-order valence-corrected chi connectivity index (χ0v) is 19.5. The van der Waals surface area contributed by atoms with Gasteiger partial charge in [-0.15, -0.1) is 0 Å². The minimum Gasteiger partial charge on any atom is -0.497 e. The van der Waals surface area contributed by atoms with E-state index in [-0.39, 0.29) is 23.8 Å². The van der Waals surface area contributed by atoms with Crippen molar-refractivity contribution in [3.05, 3.63) is 59.7 Å². The molecule has 1 unspecified atom stereocenters. The van der Waals surface area contributed by atoms with E-state index < -0.39 is 0 Å². The predicted octanol–water partition coefficient (Wildman–Crippen LogP) is 3.81. The van der Waals surface area contributed by atoms with Gasteiger partial charge in [-0.1, -0.05) is 43.2 Å². The molecule has 3 N–H and O–H groups in total. The first-order valence-corrected chi connectivity index (χ1v) is 12.1. The summed E-state index contributed by atoms with van der Waals surface area (Å²) in [4.78, 5) is 27.1. The largest absolute Gasteiger partial charge is 0.497 e. The Morgan fingerprint density at radius 2 is 1.91 bits per heavy atom. The molecule has 1 fully saturated rings. The molecule has 33 heavy (non-hydrogen) atoms. The second-order valence-corrected chi connectivity index (χ2v) is 9.37. The number of nitrogens with zero attached hydrogens (tertiary/aromatic N) is 1. The molecule has 0 spiro atoms. The maximum Gasteiger partial charge on any atom is 0.244 e. The van der Waals surface area contributed by atoms with E-state index in [4.69, 9.17) is 10.5 Å². The molecule has 4 rings (SSSR count). The number of fused-ring (bicyclic) bond motifs is 1. The minimum atomic E-state index is -0.217. The molecule has 2 aromatic rings. The van der Waals surface area contributed by atoms with Crippen LogP contribution in [0.1, 0.15) is 49.7 Å². The van der Waals surface area contributed by atoms with E-state index >= 15 is 0 Å². The van der Waals surface area contributed by atoms with Crippen LogP contribution < -0.4 is 20.7 Å². The molecule has 1 aliphatic heterocycles. The lowest BCUT2D eigenvalue weighted by Crippen LogP contribution is -2.46. The minimum absolute atomic E-state index is 0.0118. The Morgan fingerprint density at radius 1 is 1.12 bits per heavy atom. The Kier molecular flexibility index (Phi) is 7.65. The fraction of sp³-hybridized carbons (Fsp3) is 0.481. The van der Waals surface area contributed by atoms with Crippen LogP contribution >= 0.6 is 0 Å². The van der Waals surface area contributed by atoms with Gasteiger partial charge in [0.05, 0.1) is 19.7 Å². The fourth-order valence-electron chi connectivity index (χ4n) is 5.25. The maximum atomic E-state index is 13.6. The summed E-state index contributed by atoms with van der Waals surface area (Å²) < 4.78 is 5.27. The summed E-state index contributed by atoms with van der Waals surface area (Å²) in [7, 11) is 1.65. The van der Waals surface area contributed by atoms with E-state index in [1.165, 1.54) is 5.56 Å². The number of rotatable bonds is 8. The van der Waals surface area contributed by atoms with Crippen LogP contribution in [-0.2, 0) is 22.6 Å². The molecule has 3 atom stereocenters. The Bertz CT molecular complexity index is 959. The number of nitrogens with one attached hydrogen (secondary N) is 1. The highest BCUT2D eigenvalue weighted by Crippen LogP contribution is 2.31. The van der Waals surface area contributed by atoms with E-state index in [1.54, 1.807) is 7.11 Å². The topological polar surface area (TPSA) is 84.7 Å². The quantitative estimate of drug-likeness (QED) is 0.642. The van der Waals surface area contributed by atoms with Gasteiger partial charge in [0.1, 0.15) is 5.75 Å². The molecule has 0 bridgehead atoms. The molecule has 2 amide bonds. The van der Waals surface area contributed by atoms with Gasteiger partial charge in [0.25, 0.3) is 0 Å². The van der Waals surface area contributed by atoms with Gasteiger partial charge in [-0.25, -0.2) is 0 Å². The Hall–Kier alpha value is -2.86. The van der Waals surface area contributed by atoms with Crippen molar-refractivity contribution in [3.8, 4) is 5.75 Å². The summed E-state index contributed by atoms with van der Waals surface area (Å²) in [5.41, 5.74) is 8.81. The van der Waals surface area contributed by atoms with Crippen molar-refractivity contribution in [1.82, 2.24) is 5.32 Å². The lowest BCUT2D eigenvalue weighted by atomic mass is 9.79. The number of aryl methyl sites for hydroxylation is 1. The molecule has 2 aliphatic rings. The summed E-state index contributed by atoms with van der Waals surface area (Å²) in [6.07, 6.45) is 6.61. The lowest BCUT2D eigenvalue weighted by Gasteiger charge is -2.29. The third-order valence-electron chi connectivity index (χ3n) is 7.18. The van der Waals surface area contributed by atoms with Gasteiger partial charge in [-0.05, 0) is 73.9 Å². The number of hydrogen-bond donors (Lipinski definition) is 2. The monoisotopic (exact) mass is 449 g/mol. The second-order valence-electron chi connectivity index (χ2n) is 9.37. The zero-order chi connectivity index (χ0) is 23.2. The van der Waals surface area contributed by atoms with Crippen LogP contribution in [0.3, 0.4) is 0 Å². The Labute approximate surface area is 196 Å². The molecule has 0 radical (unpaired) electrons. The maximum absolute atomic E-state index is 13.6. The van der Waals surface area contributed by atoms with Gasteiger partial charge >= 0.3 is 0 Å². The van der Waals surface area contributed by atoms with Crippen LogP contribution in [0, 0.1) is 11.8 Å². The van der Waals surface area contributed by atoms with Crippen LogP contribution in [0.15, 0.2) is 48.5 Å². The van der Waals surface area contributed by atoms with E-state index in [1.807, 2.05) is 47.4 Å². The van der Waals surface area contributed by atoms with Gasteiger partial charge in [0.2, 0.25) is 11.8 Å². The zero-order valence-electron chi connectivity index (χ0n) is 19.5. The second kappa shape index (κ2) is 10.8. The Balaban J connectivity index is 1.43. The van der Waals surface area contributed by atoms with Gasteiger partial charge in [0.15, 0.2) is 0 Å². The molecule has 0 aromatic heterocycles. The van der Waals surface area contributed by atoms with Gasteiger partial charge in [-0.2, -0.15) is 0 Å². The summed E-state index contributed by atoms with van der Waals surface area (Å²) in [6.45, 7) is 1.31. The number of nitrogens with two attached hydrogens (primary N) is 1. The first-order valence-electron chi connectivity index (χ1n) is 12.1. The van der Waals surface area contributed by atoms with Crippen molar-refractivity contribution in [3.63, 3.8) is 0 Å². The molecule has 2 aromatic carbocycles. The van der Waals surface area contributed by atoms with E-state index in [2.05, 4.69) is 11.4 Å². The molecule has 0 saturated heterocycles. The Morgan fingerprint density at radius 3 is 2.67 bits per heavy atom. The van der Waals surface area contributed by atoms with Crippen LogP contribution in [0.5, 0.6) is 5.75 Å². The molecule has 6 heteroatoms. The number of carbonyl (C=O) groups excluding carboxylic acids is 2. The lowest BCUT2D eigenvalue weighted by molar-refractivity contribution is -0.123. The summed E-state index contributed by atoms with van der Waals surface area (Å²) in [5, 5.41) is 3.54. The van der Waals surface area contributed by atoms with Crippen molar-refractivity contribution in [2.24, 2.45) is 17.6 Å². The predicted molar refractivity (Wildman–Crippen MR) is 130 cm³/mol. The summed E-state index contributed by atoms with van der Waals surface area (Å²) >= 11 is 0. The van der Waals surface area contributed by atoms with Crippen LogP contribution in [-0.4, -0.2) is 31.5 Å². The van der Waals surface area contributed by atoms with Crippen molar-refractivity contribution < 1.29 is 14.3 Å². The highest BCUT2D eigenvalue weighted by molar-refractivity contribution is 5.98. The summed E-state index contributed by atoms with van der Waals surface area (Å²) in [6, 6.07) is 15.9. The van der Waals surface area contributed by atoms with Crippen LogP contribution in [0.25, 0.3) is 0 Å². The van der Waals surface area contributed by atoms with Gasteiger partial charge in [0, 0.05) is 11.6 Å². The van der Waals surface area contributed by atoms with E-state index in [9.17, 15) is 9.59 Å². The molecular weight excluding hydrogens is 414 g/mol. The number of carbonyl (C=O) groups is 2. The number of amides is 2. The number of anilines is 1. The molecule has 176 valence electrons. The smallest absolute Gasteiger partial charge is 0.244 e. The number of ether oxygens (including phenoxy) is 1. The van der Waals surface area contributed by atoms with Gasteiger partial charge < -0.3 is 20.7 Å². The van der Waals surface area contributed by atoms with E-state index in [0.717, 1.165) is 68.5 Å². The van der Waals surface area contributed by atoms with Crippen LogP contribution in [0.4, 0.5) is 5.69 Å². The van der Waals surface area contributed by atoms with Crippen LogP contribution in [0.2, 0.25) is 0 Å². The molecule has 1 aliphatic carbocycles. The fourth-order valence-corrected chi connectivity index (χ4v) is 5.25. The molecular formula is C27H35N3O3. The van der Waals surface area contributed by atoms with Gasteiger partial charge in [-0.3, -0.25) is 9.59 Å². The average molecular weight is 450 g/mol. The summed E-state index contributed by atoms with van der Waals surface area (Å²) in [5.74, 6) is 1.27. The number of primary amides is 1. The number of para-hydroxylation sites is 1. The van der Waals surface area contributed by atoms with Crippen molar-refractivity contribution in [2.75, 3.05) is 18.6 Å². The third-order valence-corrected chi connectivity index (χ3v) is 7.18. The normalized spacial score (nSPS) is 23.0. The third kappa shape index (κ3) is 5.74. The number of benzene rings is 2. The average Bonchev–Trinajstić information content (AvgIpc) is 2.97. The highest BCUT2D eigenvalue weighted by atomic mass is 16.5. The van der Waals surface area contributed by atoms with Crippen molar-refractivity contribution in [2.45, 2.75) is 57.5 Å². The number of methoxy groups -OCH3 is 1. The molecule has 6 nitrogen and oxygen atoms in total. The molecule has 1 saturated carbocycles.